The van der Waals surface area contributed by atoms with E-state index in [9.17, 15) is 4.79 Å². The number of fused-ring (bicyclic) bond motifs is 4. The summed E-state index contributed by atoms with van der Waals surface area (Å²) in [5.41, 5.74) is 8.56. The molecule has 0 aliphatic carbocycles. The second-order valence-corrected chi connectivity index (χ2v) is 3.70. The smallest absolute Gasteiger partial charge is 0.222 e. The lowest BCUT2D eigenvalue weighted by Crippen LogP contribution is -2.40. The van der Waals surface area contributed by atoms with Crippen LogP contribution in [0.4, 0.5) is 0 Å². The maximum absolute atomic E-state index is 11.1. The Labute approximate surface area is 72.1 Å². The Morgan fingerprint density at radius 2 is 2.08 bits per heavy atom. The molecule has 4 heteroatoms. The molecule has 1 amide bonds. The minimum absolute atomic E-state index is 0.0532. The van der Waals surface area contributed by atoms with E-state index in [0.717, 1.165) is 32.5 Å². The molecule has 1 unspecified atom stereocenters. The third kappa shape index (κ3) is 1.32. The second-order valence-electron chi connectivity index (χ2n) is 3.70. The molecule has 3 N–H and O–H groups in total. The highest BCUT2D eigenvalue weighted by atomic mass is 16.1. The topological polar surface area (TPSA) is 58.4 Å². The number of carbonyl (C=O) groups is 1. The number of piperidine rings is 1. The van der Waals surface area contributed by atoms with Gasteiger partial charge in [0.15, 0.2) is 0 Å². The Hall–Kier alpha value is -0.610. The SMILES string of the molecule is NC(=O)C1CNN2CCC1CC2. The third-order valence-electron chi connectivity index (χ3n) is 3.01. The molecule has 3 saturated heterocycles. The van der Waals surface area contributed by atoms with Gasteiger partial charge < -0.3 is 5.73 Å². The van der Waals surface area contributed by atoms with Gasteiger partial charge in [0.1, 0.15) is 0 Å². The number of nitrogens with one attached hydrogen (secondary N) is 1. The number of rotatable bonds is 1. The van der Waals surface area contributed by atoms with Crippen molar-refractivity contribution in [2.75, 3.05) is 19.6 Å². The largest absolute Gasteiger partial charge is 0.369 e. The normalized spacial score (nSPS) is 40.8. The van der Waals surface area contributed by atoms with Crippen LogP contribution >= 0.6 is 0 Å². The molecule has 68 valence electrons. The monoisotopic (exact) mass is 169 g/mol. The van der Waals surface area contributed by atoms with Crippen molar-refractivity contribution in [3.05, 3.63) is 0 Å². The predicted octanol–water partition coefficient (Wildman–Crippen LogP) is -0.682. The highest BCUT2D eigenvalue weighted by Crippen LogP contribution is 2.26. The van der Waals surface area contributed by atoms with Crippen molar-refractivity contribution >= 4 is 5.91 Å². The number of nitrogens with zero attached hydrogens (tertiary/aromatic N) is 1. The summed E-state index contributed by atoms with van der Waals surface area (Å²) in [4.78, 5) is 11.1. The Morgan fingerprint density at radius 3 is 2.67 bits per heavy atom. The molecule has 4 nitrogen and oxygen atoms in total. The molecule has 1 atom stereocenters. The fraction of sp³-hybridized carbons (Fsp3) is 0.875. The molecule has 2 bridgehead atoms. The first-order valence-corrected chi connectivity index (χ1v) is 4.55. The molecule has 0 radical (unpaired) electrons. The zero-order valence-electron chi connectivity index (χ0n) is 7.12. The number of nitrogens with two attached hydrogens (primary N) is 1. The van der Waals surface area contributed by atoms with Crippen molar-refractivity contribution in [3.8, 4) is 0 Å². The molecule has 0 aromatic rings. The lowest BCUT2D eigenvalue weighted by molar-refractivity contribution is -0.123. The van der Waals surface area contributed by atoms with Gasteiger partial charge >= 0.3 is 0 Å². The van der Waals surface area contributed by atoms with Gasteiger partial charge in [0.05, 0.1) is 5.92 Å². The second kappa shape index (κ2) is 3.03. The van der Waals surface area contributed by atoms with Crippen LogP contribution in [0.2, 0.25) is 0 Å². The fourth-order valence-electron chi connectivity index (χ4n) is 2.19. The van der Waals surface area contributed by atoms with Gasteiger partial charge in [0.2, 0.25) is 5.91 Å². The van der Waals surface area contributed by atoms with Crippen molar-refractivity contribution in [1.82, 2.24) is 10.4 Å². The molecule has 3 aliphatic rings. The number of hydrazine groups is 1. The average molecular weight is 169 g/mol. The van der Waals surface area contributed by atoms with Gasteiger partial charge in [-0.25, -0.2) is 5.01 Å². The van der Waals surface area contributed by atoms with E-state index in [0.29, 0.717) is 5.92 Å². The minimum Gasteiger partial charge on any atom is -0.369 e. The molecule has 0 saturated carbocycles. The van der Waals surface area contributed by atoms with Crippen LogP contribution in [0.3, 0.4) is 0 Å². The van der Waals surface area contributed by atoms with E-state index in [4.69, 9.17) is 5.73 Å². The van der Waals surface area contributed by atoms with Crippen LogP contribution in [-0.2, 0) is 4.79 Å². The quantitative estimate of drug-likeness (QED) is 0.546. The van der Waals surface area contributed by atoms with Gasteiger partial charge in [0, 0.05) is 19.6 Å². The Bertz CT molecular complexity index is 187. The molecular weight excluding hydrogens is 154 g/mol. The first-order chi connectivity index (χ1) is 5.77. The van der Waals surface area contributed by atoms with E-state index in [1.807, 2.05) is 0 Å². The summed E-state index contributed by atoms with van der Waals surface area (Å²) in [5.74, 6) is 0.433. The van der Waals surface area contributed by atoms with Gasteiger partial charge in [-0.1, -0.05) is 0 Å². The zero-order valence-corrected chi connectivity index (χ0v) is 7.12. The molecule has 3 rings (SSSR count). The van der Waals surface area contributed by atoms with Crippen molar-refractivity contribution in [3.63, 3.8) is 0 Å². The van der Waals surface area contributed by atoms with Crippen molar-refractivity contribution < 1.29 is 4.79 Å². The standard InChI is InChI=1S/C8H15N3O/c9-8(12)7-5-10-11-3-1-6(7)2-4-11/h6-7,10H,1-5H2,(H2,9,12). The fourth-order valence-corrected chi connectivity index (χ4v) is 2.19. The van der Waals surface area contributed by atoms with Crippen molar-refractivity contribution in [2.45, 2.75) is 12.8 Å². The van der Waals surface area contributed by atoms with E-state index >= 15 is 0 Å². The molecule has 0 aromatic heterocycles. The summed E-state index contributed by atoms with van der Waals surface area (Å²) < 4.78 is 0. The highest BCUT2D eigenvalue weighted by Gasteiger charge is 2.33. The van der Waals surface area contributed by atoms with Crippen LogP contribution in [0.15, 0.2) is 0 Å². The van der Waals surface area contributed by atoms with E-state index in [-0.39, 0.29) is 11.8 Å². The van der Waals surface area contributed by atoms with Gasteiger partial charge in [-0.05, 0) is 18.8 Å². The summed E-state index contributed by atoms with van der Waals surface area (Å²) in [5, 5.41) is 2.19. The zero-order chi connectivity index (χ0) is 8.55. The number of hydrogen-bond acceptors (Lipinski definition) is 3. The van der Waals surface area contributed by atoms with Crippen LogP contribution in [0.5, 0.6) is 0 Å². The number of amides is 1. The molecule has 0 aromatic carbocycles. The summed E-state index contributed by atoms with van der Waals surface area (Å²) in [7, 11) is 0. The molecule has 12 heavy (non-hydrogen) atoms. The maximum Gasteiger partial charge on any atom is 0.222 e. The van der Waals surface area contributed by atoms with E-state index < -0.39 is 0 Å². The van der Waals surface area contributed by atoms with Crippen LogP contribution in [0.25, 0.3) is 0 Å². The van der Waals surface area contributed by atoms with E-state index in [2.05, 4.69) is 10.4 Å². The van der Waals surface area contributed by atoms with Crippen LogP contribution in [0.1, 0.15) is 12.8 Å². The van der Waals surface area contributed by atoms with Crippen molar-refractivity contribution in [2.24, 2.45) is 17.6 Å². The van der Waals surface area contributed by atoms with Gasteiger partial charge in [-0.2, -0.15) is 0 Å². The Balaban J connectivity index is 2.10. The maximum atomic E-state index is 11.1. The van der Waals surface area contributed by atoms with E-state index in [1.54, 1.807) is 0 Å². The summed E-state index contributed by atoms with van der Waals surface area (Å²) in [6.45, 7) is 2.86. The van der Waals surface area contributed by atoms with Crippen molar-refractivity contribution in [1.29, 1.82) is 0 Å². The highest BCUT2D eigenvalue weighted by molar-refractivity contribution is 5.77. The summed E-state index contributed by atoms with van der Waals surface area (Å²) in [6.07, 6.45) is 2.22. The molecular formula is C8H15N3O. The molecule has 3 heterocycles. The first kappa shape index (κ1) is 8.01. The summed E-state index contributed by atoms with van der Waals surface area (Å²) in [6, 6.07) is 0. The van der Waals surface area contributed by atoms with Gasteiger partial charge in [-0.3, -0.25) is 10.2 Å². The molecule has 3 fully saturated rings. The summed E-state index contributed by atoms with van der Waals surface area (Å²) >= 11 is 0. The minimum atomic E-state index is -0.142. The Morgan fingerprint density at radius 1 is 1.42 bits per heavy atom. The number of hydrogen-bond donors (Lipinski definition) is 2. The number of carbonyl (C=O) groups excluding carboxylic acids is 1. The lowest BCUT2D eigenvalue weighted by atomic mass is 9.85. The lowest BCUT2D eigenvalue weighted by Gasteiger charge is -2.27. The first-order valence-electron chi connectivity index (χ1n) is 4.55. The van der Waals surface area contributed by atoms with Crippen LogP contribution in [-0.4, -0.2) is 30.6 Å². The van der Waals surface area contributed by atoms with Crippen LogP contribution in [0, 0.1) is 11.8 Å². The third-order valence-corrected chi connectivity index (χ3v) is 3.01. The van der Waals surface area contributed by atoms with Gasteiger partial charge in [0.25, 0.3) is 0 Å². The average Bonchev–Trinajstić information content (AvgIpc) is 2.36. The number of primary amides is 1. The molecule has 0 spiro atoms. The molecule has 3 aliphatic heterocycles. The van der Waals surface area contributed by atoms with Gasteiger partial charge in [-0.15, -0.1) is 0 Å². The Kier molecular flexibility index (Phi) is 2.02. The van der Waals surface area contributed by atoms with Crippen LogP contribution < -0.4 is 11.2 Å². The van der Waals surface area contributed by atoms with E-state index in [1.165, 1.54) is 0 Å². The predicted molar refractivity (Wildman–Crippen MR) is 45.0 cm³/mol.